The second kappa shape index (κ2) is 18.2. The predicted octanol–water partition coefficient (Wildman–Crippen LogP) is 8.67. The van der Waals surface area contributed by atoms with Crippen molar-refractivity contribution < 1.29 is 43.3 Å². The number of carbonyl (C=O) groups excluding carboxylic acids is 5. The van der Waals surface area contributed by atoms with Gasteiger partial charge in [0.05, 0.1) is 29.0 Å². The summed E-state index contributed by atoms with van der Waals surface area (Å²) in [6, 6.07) is 7.77. The van der Waals surface area contributed by atoms with Crippen molar-refractivity contribution in [2.75, 3.05) is 26.2 Å². The van der Waals surface area contributed by atoms with Gasteiger partial charge in [-0.25, -0.2) is 14.6 Å². The van der Waals surface area contributed by atoms with Gasteiger partial charge in [-0.2, -0.15) is 0 Å². The van der Waals surface area contributed by atoms with Gasteiger partial charge in [-0.1, -0.05) is 45.8 Å². The number of hydrogen-bond donors (Lipinski definition) is 1. The number of aliphatic hydroxyl groups is 1. The van der Waals surface area contributed by atoms with Gasteiger partial charge < -0.3 is 33.7 Å². The summed E-state index contributed by atoms with van der Waals surface area (Å²) < 4.78 is 18.5. The third kappa shape index (κ3) is 7.83. The number of nitrogens with zero attached hydrogens (tertiary/aromatic N) is 4. The zero-order chi connectivity index (χ0) is 50.4. The summed E-state index contributed by atoms with van der Waals surface area (Å²) in [5, 5.41) is 12.0. The SMILES string of the molecule is CC(=O)O[C@]1(C(C)=O)CC[C@H]2[C@@H]3C=C(C)C4=CC(=O)CC[C@]4(C)[C@H]3CC[C@@]21C.CCc1c2c(nc3ccc(OC(=O)N4CCC(N5CCCCC5)CC4)cc13)-c1cc3c(c(=O)n1C2)COC(=O)[C@]3(O)CC. The molecule has 4 fully saturated rings. The number of aromatic nitrogens is 2. The lowest BCUT2D eigenvalue weighted by Gasteiger charge is -2.58. The summed E-state index contributed by atoms with van der Waals surface area (Å²) in [5.74, 6) is 0.763. The first-order valence-electron chi connectivity index (χ1n) is 26.3. The normalized spacial score (nSPS) is 31.0. The van der Waals surface area contributed by atoms with Gasteiger partial charge in [-0.15, -0.1) is 0 Å². The second-order valence-corrected chi connectivity index (χ2v) is 22.3. The monoisotopic (exact) mass is 971 g/mol. The highest BCUT2D eigenvalue weighted by Crippen LogP contribution is 2.68. The van der Waals surface area contributed by atoms with E-state index in [0.29, 0.717) is 91.0 Å². The molecule has 4 aliphatic carbocycles. The Bertz CT molecular complexity index is 2870. The first-order valence-corrected chi connectivity index (χ1v) is 26.3. The van der Waals surface area contributed by atoms with E-state index in [1.807, 2.05) is 23.1 Å². The fraction of sp³-hybridized carbons (Fsp3) is 0.596. The van der Waals surface area contributed by atoms with E-state index in [2.05, 4.69) is 38.7 Å². The van der Waals surface area contributed by atoms with Crippen LogP contribution in [0.25, 0.3) is 22.3 Å². The maximum atomic E-state index is 13.6. The molecule has 0 radical (unpaired) electrons. The summed E-state index contributed by atoms with van der Waals surface area (Å²) in [4.78, 5) is 85.3. The largest absolute Gasteiger partial charge is 0.458 e. The molecule has 0 spiro atoms. The first kappa shape index (κ1) is 49.1. The Balaban J connectivity index is 0.000000180. The molecule has 11 rings (SSSR count). The highest BCUT2D eigenvalue weighted by Gasteiger charge is 2.67. The van der Waals surface area contributed by atoms with E-state index in [1.165, 1.54) is 50.4 Å². The van der Waals surface area contributed by atoms with E-state index in [9.17, 15) is 33.9 Å². The molecule has 1 N–H and O–H groups in total. The van der Waals surface area contributed by atoms with Crippen LogP contribution in [0.1, 0.15) is 148 Å². The number of aryl methyl sites for hydroxylation is 1. The number of ketones is 2. The summed E-state index contributed by atoms with van der Waals surface area (Å²) in [5.41, 5.74) is 3.54. The van der Waals surface area contributed by atoms with Gasteiger partial charge in [0.2, 0.25) is 0 Å². The summed E-state index contributed by atoms with van der Waals surface area (Å²) in [6.45, 7) is 17.3. The topological polar surface area (TPSA) is 175 Å². The molecule has 71 heavy (non-hydrogen) atoms. The van der Waals surface area contributed by atoms with Gasteiger partial charge in [0.15, 0.2) is 22.8 Å². The Hall–Kier alpha value is -5.47. The van der Waals surface area contributed by atoms with Gasteiger partial charge in [0, 0.05) is 54.4 Å². The third-order valence-electron chi connectivity index (χ3n) is 18.8. The van der Waals surface area contributed by atoms with E-state index in [4.69, 9.17) is 19.2 Å². The zero-order valence-electron chi connectivity index (χ0n) is 42.6. The number of amides is 1. The highest BCUT2D eigenvalue weighted by molar-refractivity contribution is 5.93. The van der Waals surface area contributed by atoms with E-state index in [-0.39, 0.29) is 53.0 Å². The maximum Gasteiger partial charge on any atom is 0.415 e. The number of hydrogen-bond acceptors (Lipinski definition) is 12. The van der Waals surface area contributed by atoms with Crippen LogP contribution in [-0.4, -0.2) is 91.9 Å². The van der Waals surface area contributed by atoms with Crippen molar-refractivity contribution in [3.63, 3.8) is 0 Å². The van der Waals surface area contributed by atoms with Crippen LogP contribution in [0.5, 0.6) is 5.75 Å². The van der Waals surface area contributed by atoms with E-state index in [0.717, 1.165) is 60.6 Å². The Morgan fingerprint density at radius 3 is 2.32 bits per heavy atom. The lowest BCUT2D eigenvalue weighted by Crippen LogP contribution is -2.58. The van der Waals surface area contributed by atoms with Crippen molar-refractivity contribution in [2.45, 2.75) is 162 Å². The highest BCUT2D eigenvalue weighted by atomic mass is 16.6. The van der Waals surface area contributed by atoms with Gasteiger partial charge in [0.1, 0.15) is 12.4 Å². The number of pyridine rings is 2. The van der Waals surface area contributed by atoms with E-state index in [1.54, 1.807) is 30.5 Å². The molecule has 14 heteroatoms. The maximum absolute atomic E-state index is 13.6. The Labute approximate surface area is 416 Å². The van der Waals surface area contributed by atoms with Crippen LogP contribution in [0.2, 0.25) is 0 Å². The molecule has 2 saturated heterocycles. The number of Topliss-reactive ketones (excluding diaryl/α,β-unsaturated/α-hetero) is 1. The van der Waals surface area contributed by atoms with Crippen LogP contribution in [0.3, 0.4) is 0 Å². The summed E-state index contributed by atoms with van der Waals surface area (Å²) >= 11 is 0. The van der Waals surface area contributed by atoms with Crippen LogP contribution in [0.4, 0.5) is 4.79 Å². The Morgan fingerprint density at radius 2 is 1.63 bits per heavy atom. The average Bonchev–Trinajstić information content (AvgIpc) is 3.88. The van der Waals surface area contributed by atoms with Crippen LogP contribution in [0, 0.1) is 28.6 Å². The zero-order valence-corrected chi connectivity index (χ0v) is 42.6. The van der Waals surface area contributed by atoms with Crippen LogP contribution in [-0.2, 0) is 53.8 Å². The fourth-order valence-corrected chi connectivity index (χ4v) is 14.9. The molecule has 7 atom stereocenters. The van der Waals surface area contributed by atoms with E-state index >= 15 is 0 Å². The molecule has 0 unspecified atom stereocenters. The van der Waals surface area contributed by atoms with Gasteiger partial charge in [-0.3, -0.25) is 19.2 Å². The number of benzene rings is 1. The minimum Gasteiger partial charge on any atom is -0.458 e. The number of carbonyl (C=O) groups is 5. The molecule has 6 heterocycles. The van der Waals surface area contributed by atoms with Crippen LogP contribution in [0.15, 0.2) is 52.4 Å². The molecular formula is C57H70N4O10. The molecular weight excluding hydrogens is 901 g/mol. The number of ether oxygens (including phenoxy) is 3. The number of likely N-dealkylation sites (tertiary alicyclic amines) is 2. The van der Waals surface area contributed by atoms with Gasteiger partial charge in [-0.05, 0) is 162 Å². The Morgan fingerprint density at radius 1 is 0.901 bits per heavy atom. The predicted molar refractivity (Wildman–Crippen MR) is 266 cm³/mol. The standard InChI is InChI=1S/C33H38N4O6.C24H32O4/c1-3-22-23-16-21(43-32(40)36-14-10-20(11-15-36)35-12-6-5-7-13-35)8-9-27(23)34-29-24(22)18-37-28(29)17-26-25(30(37)38)19-42-31(39)33(26,41)4-2;1-14-12-18-19(22(4)9-6-17(27)13-21(14)22)7-10-23(5)20(18)8-11-24(23,15(2)25)28-16(3)26/h8-9,16-17,20,41H,3-7,10-15,18-19H2,1-2H3;12-13,18-20H,6-11H2,1-5H3/t33-;18-,19+,20+,22-,23+,24+/m01/s1. The molecule has 1 aromatic carbocycles. The number of allylic oxidation sites excluding steroid dienone is 4. The molecule has 0 bridgehead atoms. The second-order valence-electron chi connectivity index (χ2n) is 22.3. The Kier molecular flexibility index (Phi) is 12.6. The van der Waals surface area contributed by atoms with Crippen LogP contribution >= 0.6 is 0 Å². The molecule has 8 aliphatic rings. The minimum atomic E-state index is -1.86. The van der Waals surface area contributed by atoms with Crippen molar-refractivity contribution in [3.05, 3.63) is 80.2 Å². The molecule has 14 nitrogen and oxygen atoms in total. The molecule has 378 valence electrons. The fourth-order valence-electron chi connectivity index (χ4n) is 14.9. The van der Waals surface area contributed by atoms with Crippen molar-refractivity contribution in [2.24, 2.45) is 28.6 Å². The van der Waals surface area contributed by atoms with Crippen molar-refractivity contribution in [3.8, 4) is 17.1 Å². The minimum absolute atomic E-state index is 0.0160. The molecule has 3 aromatic rings. The number of fused-ring (bicyclic) bond motifs is 10. The lowest BCUT2D eigenvalue weighted by molar-refractivity contribution is -0.185. The molecule has 2 saturated carbocycles. The van der Waals surface area contributed by atoms with Crippen molar-refractivity contribution >= 4 is 40.5 Å². The van der Waals surface area contributed by atoms with Crippen molar-refractivity contribution in [1.82, 2.24) is 19.4 Å². The van der Waals surface area contributed by atoms with Crippen LogP contribution < -0.4 is 10.3 Å². The van der Waals surface area contributed by atoms with E-state index < -0.39 is 17.2 Å². The lowest BCUT2D eigenvalue weighted by atomic mass is 9.47. The molecule has 2 aromatic heterocycles. The number of esters is 2. The average molecular weight is 971 g/mol. The van der Waals surface area contributed by atoms with Gasteiger partial charge >= 0.3 is 18.0 Å². The van der Waals surface area contributed by atoms with Crippen molar-refractivity contribution in [1.29, 1.82) is 0 Å². The number of piperidine rings is 2. The molecule has 1 amide bonds. The summed E-state index contributed by atoms with van der Waals surface area (Å²) in [7, 11) is 0. The smallest absolute Gasteiger partial charge is 0.415 e. The first-order chi connectivity index (χ1) is 33.9. The number of rotatable bonds is 6. The van der Waals surface area contributed by atoms with Gasteiger partial charge in [0.25, 0.3) is 5.56 Å². The quantitative estimate of drug-likeness (QED) is 0.182. The molecule has 4 aliphatic heterocycles. The third-order valence-corrected chi connectivity index (χ3v) is 18.8. The summed E-state index contributed by atoms with van der Waals surface area (Å²) in [6.07, 6.45) is 15.5. The number of cyclic esters (lactones) is 1.